The van der Waals surface area contributed by atoms with Gasteiger partial charge in [-0.1, -0.05) is 6.07 Å². The number of aromatic nitrogens is 1. The smallest absolute Gasteiger partial charge is 0.254 e. The Balaban J connectivity index is 1.95. The minimum absolute atomic E-state index is 0.00521. The van der Waals surface area contributed by atoms with Gasteiger partial charge in [-0.25, -0.2) is 8.78 Å². The third-order valence-corrected chi connectivity index (χ3v) is 2.95. The van der Waals surface area contributed by atoms with Crippen molar-refractivity contribution in [3.63, 3.8) is 0 Å². The number of nitrogens with one attached hydrogen (secondary N) is 2. The number of rotatable bonds is 5. The molecule has 0 bridgehead atoms. The van der Waals surface area contributed by atoms with Crippen molar-refractivity contribution in [2.45, 2.75) is 12.8 Å². The number of anilines is 1. The molecule has 1 aromatic heterocycles. The fraction of sp³-hybridized carbons (Fsp3) is 0.143. The van der Waals surface area contributed by atoms with E-state index < -0.39 is 46.8 Å². The van der Waals surface area contributed by atoms with Gasteiger partial charge in [0.05, 0.1) is 0 Å². The Morgan fingerprint density at radius 1 is 0.958 bits per heavy atom. The van der Waals surface area contributed by atoms with Crippen molar-refractivity contribution in [1.29, 1.82) is 0 Å². The van der Waals surface area contributed by atoms with E-state index in [1.54, 1.807) is 5.43 Å². The SMILES string of the molecule is O=C(CCc1ccc(F)c(F)c1)NNc1c(F)c(F)nc(F)c1F. The van der Waals surface area contributed by atoms with E-state index in [0.29, 0.717) is 5.56 Å². The fourth-order valence-electron chi connectivity index (χ4n) is 1.74. The molecule has 0 spiro atoms. The molecule has 2 N–H and O–H groups in total. The average Bonchev–Trinajstić information content (AvgIpc) is 2.54. The van der Waals surface area contributed by atoms with Crippen LogP contribution in [0.2, 0.25) is 0 Å². The van der Waals surface area contributed by atoms with Crippen molar-refractivity contribution in [3.05, 3.63) is 58.9 Å². The van der Waals surface area contributed by atoms with Crippen LogP contribution in [-0.4, -0.2) is 10.9 Å². The molecule has 0 saturated heterocycles. The Morgan fingerprint density at radius 3 is 2.17 bits per heavy atom. The number of nitrogens with zero attached hydrogens (tertiary/aromatic N) is 1. The van der Waals surface area contributed by atoms with E-state index in [1.165, 1.54) is 6.07 Å². The maximum Gasteiger partial charge on any atom is 0.254 e. The Bertz CT molecular complexity index is 757. The summed E-state index contributed by atoms with van der Waals surface area (Å²) in [5.74, 6) is -10.3. The number of hydrazine groups is 1. The molecule has 1 amide bonds. The molecule has 0 radical (unpaired) electrons. The number of hydrogen-bond acceptors (Lipinski definition) is 3. The lowest BCUT2D eigenvalue weighted by atomic mass is 10.1. The van der Waals surface area contributed by atoms with E-state index in [1.807, 2.05) is 5.43 Å². The standard InChI is InChI=1S/C14H9F6N3O/c15-7-3-1-6(5-8(7)16)2-4-9(24)22-23-12-10(17)13(19)21-14(20)11(12)18/h1,3,5H,2,4H2,(H,21,23)(H,22,24). The van der Waals surface area contributed by atoms with Crippen LogP contribution in [0, 0.1) is 35.2 Å². The Labute approximate surface area is 131 Å². The molecule has 24 heavy (non-hydrogen) atoms. The van der Waals surface area contributed by atoms with Gasteiger partial charge in [-0.3, -0.25) is 15.6 Å². The van der Waals surface area contributed by atoms with Crippen LogP contribution in [0.25, 0.3) is 0 Å². The molecule has 0 fully saturated rings. The second-order valence-corrected chi connectivity index (χ2v) is 4.62. The predicted molar refractivity (Wildman–Crippen MR) is 70.5 cm³/mol. The second-order valence-electron chi connectivity index (χ2n) is 4.62. The van der Waals surface area contributed by atoms with Crippen molar-refractivity contribution in [3.8, 4) is 0 Å². The summed E-state index contributed by atoms with van der Waals surface area (Å²) in [5.41, 5.74) is 2.61. The van der Waals surface area contributed by atoms with Crippen LogP contribution in [-0.2, 0) is 11.2 Å². The van der Waals surface area contributed by atoms with E-state index in [9.17, 15) is 31.1 Å². The highest BCUT2D eigenvalue weighted by atomic mass is 19.2. The number of hydrogen-bond donors (Lipinski definition) is 2. The van der Waals surface area contributed by atoms with Gasteiger partial charge in [0.25, 0.3) is 11.9 Å². The molecule has 128 valence electrons. The van der Waals surface area contributed by atoms with Crippen LogP contribution in [0.1, 0.15) is 12.0 Å². The molecule has 0 aliphatic heterocycles. The second kappa shape index (κ2) is 7.20. The molecule has 2 aromatic rings. The summed E-state index contributed by atoms with van der Waals surface area (Å²) in [6.45, 7) is 0. The lowest BCUT2D eigenvalue weighted by Gasteiger charge is -2.10. The first kappa shape index (κ1) is 17.6. The first-order valence-corrected chi connectivity index (χ1v) is 6.48. The first-order valence-electron chi connectivity index (χ1n) is 6.48. The summed E-state index contributed by atoms with van der Waals surface area (Å²) in [7, 11) is 0. The van der Waals surface area contributed by atoms with Crippen LogP contribution in [0.15, 0.2) is 18.2 Å². The number of aryl methyl sites for hydroxylation is 1. The van der Waals surface area contributed by atoms with E-state index in [4.69, 9.17) is 0 Å². The summed E-state index contributed by atoms with van der Waals surface area (Å²) < 4.78 is 78.1. The summed E-state index contributed by atoms with van der Waals surface area (Å²) >= 11 is 0. The molecule has 0 aliphatic rings. The van der Waals surface area contributed by atoms with Gasteiger partial charge in [-0.05, 0) is 24.1 Å². The van der Waals surface area contributed by atoms with Gasteiger partial charge >= 0.3 is 0 Å². The van der Waals surface area contributed by atoms with Gasteiger partial charge in [0.1, 0.15) is 5.69 Å². The molecule has 0 unspecified atom stereocenters. The maximum absolute atomic E-state index is 13.3. The molecule has 0 aliphatic carbocycles. The Hall–Kier alpha value is -2.78. The molecule has 1 heterocycles. The zero-order valence-corrected chi connectivity index (χ0v) is 11.8. The minimum Gasteiger partial charge on any atom is -0.293 e. The van der Waals surface area contributed by atoms with Crippen molar-refractivity contribution < 1.29 is 31.1 Å². The van der Waals surface area contributed by atoms with Crippen molar-refractivity contribution in [2.75, 3.05) is 5.43 Å². The summed E-state index contributed by atoms with van der Waals surface area (Å²) in [6.07, 6.45) is -0.272. The van der Waals surface area contributed by atoms with E-state index >= 15 is 0 Å². The largest absolute Gasteiger partial charge is 0.293 e. The number of benzene rings is 1. The minimum atomic E-state index is -1.88. The van der Waals surface area contributed by atoms with Gasteiger partial charge in [0.2, 0.25) is 17.5 Å². The van der Waals surface area contributed by atoms with Gasteiger partial charge in [0, 0.05) is 6.42 Å². The normalized spacial score (nSPS) is 10.6. The number of amides is 1. The van der Waals surface area contributed by atoms with Gasteiger partial charge in [-0.15, -0.1) is 0 Å². The van der Waals surface area contributed by atoms with Crippen LogP contribution in [0.5, 0.6) is 0 Å². The van der Waals surface area contributed by atoms with Crippen molar-refractivity contribution in [1.82, 2.24) is 10.4 Å². The van der Waals surface area contributed by atoms with Gasteiger partial charge in [-0.2, -0.15) is 22.5 Å². The van der Waals surface area contributed by atoms with E-state index in [0.717, 1.165) is 12.1 Å². The zero-order valence-electron chi connectivity index (χ0n) is 11.8. The van der Waals surface area contributed by atoms with Gasteiger partial charge < -0.3 is 0 Å². The third-order valence-electron chi connectivity index (χ3n) is 2.95. The lowest BCUT2D eigenvalue weighted by molar-refractivity contribution is -0.120. The van der Waals surface area contributed by atoms with Crippen LogP contribution in [0.3, 0.4) is 0 Å². The number of carbonyl (C=O) groups is 1. The highest BCUT2D eigenvalue weighted by molar-refractivity contribution is 5.77. The third kappa shape index (κ3) is 3.94. The van der Waals surface area contributed by atoms with Crippen LogP contribution < -0.4 is 10.9 Å². The topological polar surface area (TPSA) is 54.0 Å². The van der Waals surface area contributed by atoms with Crippen LogP contribution >= 0.6 is 0 Å². The summed E-state index contributed by atoms with van der Waals surface area (Å²) in [6, 6.07) is 3.03. The molecule has 1 aromatic carbocycles. The average molecular weight is 349 g/mol. The van der Waals surface area contributed by atoms with Gasteiger partial charge in [0.15, 0.2) is 11.6 Å². The van der Waals surface area contributed by atoms with Crippen molar-refractivity contribution >= 4 is 11.6 Å². The lowest BCUT2D eigenvalue weighted by Crippen LogP contribution is -2.31. The molecular formula is C14H9F6N3O. The van der Waals surface area contributed by atoms with Crippen LogP contribution in [0.4, 0.5) is 32.0 Å². The molecule has 0 saturated carbocycles. The number of pyridine rings is 1. The van der Waals surface area contributed by atoms with E-state index in [2.05, 4.69) is 4.98 Å². The Kier molecular flexibility index (Phi) is 5.27. The maximum atomic E-state index is 13.3. The van der Waals surface area contributed by atoms with E-state index in [-0.39, 0.29) is 12.8 Å². The molecule has 0 atom stereocenters. The van der Waals surface area contributed by atoms with Crippen molar-refractivity contribution in [2.24, 2.45) is 0 Å². The Morgan fingerprint density at radius 2 is 1.58 bits per heavy atom. The summed E-state index contributed by atoms with van der Waals surface area (Å²) in [4.78, 5) is 13.9. The number of carbonyl (C=O) groups excluding carboxylic acids is 1. The first-order chi connectivity index (χ1) is 11.3. The predicted octanol–water partition coefficient (Wildman–Crippen LogP) is 2.99. The zero-order chi connectivity index (χ0) is 17.9. The molecule has 4 nitrogen and oxygen atoms in total. The molecular weight excluding hydrogens is 340 g/mol. The quantitative estimate of drug-likeness (QED) is 0.496. The highest BCUT2D eigenvalue weighted by Crippen LogP contribution is 2.21. The molecule has 10 heteroatoms. The highest BCUT2D eigenvalue weighted by Gasteiger charge is 2.21. The fourth-order valence-corrected chi connectivity index (χ4v) is 1.74. The monoisotopic (exact) mass is 349 g/mol. The molecule has 2 rings (SSSR count). The summed E-state index contributed by atoms with van der Waals surface area (Å²) in [5, 5.41) is 0. The number of halogens is 6.